The third-order valence-electron chi connectivity index (χ3n) is 5.50. The molecular weight excluding hydrogens is 408 g/mol. The van der Waals surface area contributed by atoms with Gasteiger partial charge in [-0.1, -0.05) is 77.4 Å². The molecule has 1 unspecified atom stereocenters. The topological polar surface area (TPSA) is 79.3 Å². The Morgan fingerprint density at radius 3 is 2.13 bits per heavy atom. The number of hydrogen-bond donors (Lipinski definition) is 2. The van der Waals surface area contributed by atoms with E-state index in [1.807, 2.05) is 6.92 Å². The first-order chi connectivity index (χ1) is 15.1. The zero-order valence-electron chi connectivity index (χ0n) is 19.5. The van der Waals surface area contributed by atoms with Crippen molar-refractivity contribution < 1.29 is 14.7 Å². The molecule has 0 aromatic carbocycles. The van der Waals surface area contributed by atoms with Gasteiger partial charge in [0.2, 0.25) is 5.91 Å². The first kappa shape index (κ1) is 27.3. The summed E-state index contributed by atoms with van der Waals surface area (Å²) in [5.74, 6) is -1.52. The molecule has 0 aliphatic carbocycles. The van der Waals surface area contributed by atoms with Crippen LogP contribution in [0.3, 0.4) is 0 Å². The molecule has 6 heteroatoms. The monoisotopic (exact) mass is 450 g/mol. The van der Waals surface area contributed by atoms with Crippen LogP contribution in [0.25, 0.3) is 0 Å². The van der Waals surface area contributed by atoms with E-state index in [-0.39, 0.29) is 5.91 Å². The number of anilines is 1. The van der Waals surface area contributed by atoms with Gasteiger partial charge in [-0.25, -0.2) is 4.98 Å². The number of amides is 1. The first-order valence-electron chi connectivity index (χ1n) is 12.2. The third kappa shape index (κ3) is 13.4. The number of nitrogens with one attached hydrogen (secondary N) is 1. The summed E-state index contributed by atoms with van der Waals surface area (Å²) in [5, 5.41) is 14.2. The van der Waals surface area contributed by atoms with Crippen LogP contribution in [-0.4, -0.2) is 22.0 Å². The number of nitrogens with zero attached hydrogens (tertiary/aromatic N) is 1. The molecule has 0 radical (unpaired) electrons. The summed E-state index contributed by atoms with van der Waals surface area (Å²) in [4.78, 5) is 27.5. The number of thiazole rings is 1. The molecule has 176 valence electrons. The lowest BCUT2D eigenvalue weighted by Crippen LogP contribution is -2.13. The lowest BCUT2D eigenvalue weighted by molar-refractivity contribution is -0.138. The van der Waals surface area contributed by atoms with Crippen LogP contribution in [0.5, 0.6) is 0 Å². The maximum atomic E-state index is 12.1. The zero-order chi connectivity index (χ0) is 22.7. The first-order valence-corrected chi connectivity index (χ1v) is 13.1. The molecule has 1 rings (SSSR count). The van der Waals surface area contributed by atoms with E-state index in [0.717, 1.165) is 25.7 Å². The van der Waals surface area contributed by atoms with Gasteiger partial charge in [-0.05, 0) is 38.5 Å². The molecule has 1 aromatic heterocycles. The Hall–Kier alpha value is -1.69. The van der Waals surface area contributed by atoms with Gasteiger partial charge < -0.3 is 10.4 Å². The minimum absolute atomic E-state index is 0.0399. The Morgan fingerprint density at radius 1 is 0.968 bits per heavy atom. The minimum atomic E-state index is -0.876. The van der Waals surface area contributed by atoms with Gasteiger partial charge in [-0.3, -0.25) is 9.59 Å². The molecule has 0 aliphatic heterocycles. The number of allylic oxidation sites excluding steroid dienone is 2. The van der Waals surface area contributed by atoms with Crippen LogP contribution in [0.1, 0.15) is 122 Å². The molecular formula is C25H42N2O3S. The van der Waals surface area contributed by atoms with Gasteiger partial charge in [0.05, 0.1) is 11.6 Å². The summed E-state index contributed by atoms with van der Waals surface area (Å²) in [6.07, 6.45) is 21.7. The van der Waals surface area contributed by atoms with E-state index in [1.54, 1.807) is 5.38 Å². The van der Waals surface area contributed by atoms with Crippen LogP contribution in [0.2, 0.25) is 0 Å². The van der Waals surface area contributed by atoms with Crippen molar-refractivity contribution in [3.05, 3.63) is 23.2 Å². The van der Waals surface area contributed by atoms with Crippen molar-refractivity contribution in [2.24, 2.45) is 0 Å². The van der Waals surface area contributed by atoms with Crippen LogP contribution in [0.4, 0.5) is 5.13 Å². The summed E-state index contributed by atoms with van der Waals surface area (Å²) in [6.45, 7) is 4.08. The quantitative estimate of drug-likeness (QED) is 0.167. The summed E-state index contributed by atoms with van der Waals surface area (Å²) in [6, 6.07) is 0. The van der Waals surface area contributed by atoms with E-state index in [9.17, 15) is 14.7 Å². The van der Waals surface area contributed by atoms with Crippen molar-refractivity contribution in [1.29, 1.82) is 0 Å². The molecule has 0 bridgehead atoms. The summed E-state index contributed by atoms with van der Waals surface area (Å²) >= 11 is 1.29. The maximum absolute atomic E-state index is 12.1. The molecule has 5 nitrogen and oxygen atoms in total. The van der Waals surface area contributed by atoms with Gasteiger partial charge in [-0.15, -0.1) is 11.3 Å². The Morgan fingerprint density at radius 2 is 1.55 bits per heavy atom. The molecule has 0 saturated heterocycles. The molecule has 0 fully saturated rings. The van der Waals surface area contributed by atoms with Gasteiger partial charge in [0.15, 0.2) is 5.13 Å². The Balaban J connectivity index is 2.00. The molecule has 1 amide bonds. The highest BCUT2D eigenvalue weighted by molar-refractivity contribution is 7.13. The SMILES string of the molecule is CCCCCCCC/C=C/CCCCCCCC(=O)Nc1nc(C(CC)C(=O)O)cs1. The molecule has 1 heterocycles. The lowest BCUT2D eigenvalue weighted by Gasteiger charge is -2.05. The number of unbranched alkanes of at least 4 members (excludes halogenated alkanes) is 11. The van der Waals surface area contributed by atoms with Crippen molar-refractivity contribution in [2.75, 3.05) is 5.32 Å². The smallest absolute Gasteiger partial charge is 0.312 e. The summed E-state index contributed by atoms with van der Waals surface area (Å²) < 4.78 is 0. The molecule has 0 spiro atoms. The molecule has 1 atom stereocenters. The number of hydrogen-bond acceptors (Lipinski definition) is 4. The molecule has 31 heavy (non-hydrogen) atoms. The predicted molar refractivity (Wildman–Crippen MR) is 131 cm³/mol. The van der Waals surface area contributed by atoms with Crippen molar-refractivity contribution in [1.82, 2.24) is 4.98 Å². The van der Waals surface area contributed by atoms with Gasteiger partial charge >= 0.3 is 5.97 Å². The molecule has 0 saturated carbocycles. The highest BCUT2D eigenvalue weighted by atomic mass is 32.1. The van der Waals surface area contributed by atoms with Gasteiger partial charge in [0.1, 0.15) is 0 Å². The standard InChI is InChI=1S/C25H42N2O3S/c1-3-5-6-7-8-9-10-11-12-13-14-15-16-17-18-19-23(28)27-25-26-22(20-31-25)21(4-2)24(29)30/h11-12,20-21H,3-10,13-19H2,1-2H3,(H,29,30)(H,26,27,28)/b12-11+. The Bertz CT molecular complexity index is 642. The van der Waals surface area contributed by atoms with Crippen LogP contribution < -0.4 is 5.32 Å². The average molecular weight is 451 g/mol. The number of carbonyl (C=O) groups excluding carboxylic acids is 1. The number of aliphatic carboxylic acids is 1. The fraction of sp³-hybridized carbons (Fsp3) is 0.720. The lowest BCUT2D eigenvalue weighted by atomic mass is 10.0. The van der Waals surface area contributed by atoms with Crippen LogP contribution >= 0.6 is 11.3 Å². The fourth-order valence-electron chi connectivity index (χ4n) is 3.55. The number of rotatable bonds is 19. The average Bonchev–Trinajstić information content (AvgIpc) is 3.18. The number of aromatic nitrogens is 1. The Kier molecular flexibility index (Phi) is 15.8. The number of carboxylic acids is 1. The number of carboxylic acid groups (broad SMARTS) is 1. The number of carbonyl (C=O) groups is 2. The minimum Gasteiger partial charge on any atom is -0.481 e. The van der Waals surface area contributed by atoms with E-state index in [0.29, 0.717) is 23.7 Å². The second kappa shape index (κ2) is 17.9. The van der Waals surface area contributed by atoms with E-state index in [1.165, 1.54) is 69.1 Å². The molecule has 2 N–H and O–H groups in total. The second-order valence-corrected chi connectivity index (χ2v) is 9.12. The van der Waals surface area contributed by atoms with Gasteiger partial charge in [-0.2, -0.15) is 0 Å². The second-order valence-electron chi connectivity index (χ2n) is 8.26. The highest BCUT2D eigenvalue weighted by Crippen LogP contribution is 2.25. The Labute approximate surface area is 192 Å². The summed E-state index contributed by atoms with van der Waals surface area (Å²) in [7, 11) is 0. The van der Waals surface area contributed by atoms with Gasteiger partial charge in [0.25, 0.3) is 0 Å². The fourth-order valence-corrected chi connectivity index (χ4v) is 4.33. The van der Waals surface area contributed by atoms with Crippen molar-refractivity contribution in [3.8, 4) is 0 Å². The normalized spacial score (nSPS) is 12.3. The van der Waals surface area contributed by atoms with Crippen molar-refractivity contribution >= 4 is 28.3 Å². The van der Waals surface area contributed by atoms with Crippen LogP contribution in [0.15, 0.2) is 17.5 Å². The van der Waals surface area contributed by atoms with E-state index in [4.69, 9.17) is 0 Å². The van der Waals surface area contributed by atoms with Crippen molar-refractivity contribution in [2.45, 2.75) is 116 Å². The largest absolute Gasteiger partial charge is 0.481 e. The van der Waals surface area contributed by atoms with Gasteiger partial charge in [0, 0.05) is 11.8 Å². The maximum Gasteiger partial charge on any atom is 0.312 e. The molecule has 1 aromatic rings. The van der Waals surface area contributed by atoms with E-state index >= 15 is 0 Å². The van der Waals surface area contributed by atoms with Crippen LogP contribution in [-0.2, 0) is 9.59 Å². The summed E-state index contributed by atoms with van der Waals surface area (Å²) in [5.41, 5.74) is 0.524. The molecule has 0 aliphatic rings. The van der Waals surface area contributed by atoms with E-state index in [2.05, 4.69) is 29.4 Å². The predicted octanol–water partition coefficient (Wildman–Crippen LogP) is 7.70. The van der Waals surface area contributed by atoms with Crippen molar-refractivity contribution in [3.63, 3.8) is 0 Å². The third-order valence-corrected chi connectivity index (χ3v) is 6.27. The van der Waals surface area contributed by atoms with Crippen LogP contribution in [0, 0.1) is 0 Å². The van der Waals surface area contributed by atoms with E-state index < -0.39 is 11.9 Å². The highest BCUT2D eigenvalue weighted by Gasteiger charge is 2.21. The zero-order valence-corrected chi connectivity index (χ0v) is 20.4.